The molecule has 0 aromatic heterocycles. The normalized spacial score (nSPS) is 38.1. The van der Waals surface area contributed by atoms with E-state index in [9.17, 15) is 46.9 Å². The van der Waals surface area contributed by atoms with E-state index >= 15 is 0 Å². The van der Waals surface area contributed by atoms with Crippen LogP contribution in [0, 0.1) is 105 Å². The van der Waals surface area contributed by atoms with Crippen LogP contribution in [0.5, 0.6) is 0 Å². The van der Waals surface area contributed by atoms with E-state index < -0.39 is 31.5 Å². The van der Waals surface area contributed by atoms with Gasteiger partial charge >= 0.3 is 50.5 Å². The molecule has 2 aromatic rings. The number of Topliss-reactive ketones (excluding diaryl/α,β-unsaturated/α-hetero) is 1. The van der Waals surface area contributed by atoms with Gasteiger partial charge in [0.25, 0.3) is 10.0 Å². The van der Waals surface area contributed by atoms with Gasteiger partial charge in [0.05, 0.1) is 34.2 Å². The predicted molar refractivity (Wildman–Crippen MR) is 387 cm³/mol. The first kappa shape index (κ1) is 78.8. The second-order valence-corrected chi connectivity index (χ2v) is 53.8. The number of sulfone groups is 1. The molecule has 1 amide bonds. The molecule has 92 heavy (non-hydrogen) atoms. The van der Waals surface area contributed by atoms with Crippen LogP contribution in [0.4, 0.5) is 0 Å². The number of amides is 1. The number of aliphatic hydroxyl groups excluding tert-OH is 4. The van der Waals surface area contributed by atoms with Crippen LogP contribution in [0.3, 0.4) is 0 Å². The van der Waals surface area contributed by atoms with Crippen molar-refractivity contribution >= 4 is 68.8 Å². The van der Waals surface area contributed by atoms with E-state index in [0.29, 0.717) is 97.1 Å². The Bertz CT molecular complexity index is 2810. The Morgan fingerprint density at radius 2 is 0.913 bits per heavy atom. The summed E-state index contributed by atoms with van der Waals surface area (Å²) in [7, 11) is -7.53. The molecule has 22 atom stereocenters. The summed E-state index contributed by atoms with van der Waals surface area (Å²) in [6.45, 7) is 31.6. The van der Waals surface area contributed by atoms with Gasteiger partial charge in [0.1, 0.15) is 11.5 Å². The Kier molecular flexibility index (Phi) is 26.7. The van der Waals surface area contributed by atoms with Crippen LogP contribution in [0.2, 0.25) is 0 Å². The molecule has 8 fully saturated rings. The molecule has 8 aliphatic carbocycles. The summed E-state index contributed by atoms with van der Waals surface area (Å²) in [4.78, 5) is 25.9. The molecule has 0 spiro atoms. The second kappa shape index (κ2) is 31.2. The predicted octanol–water partition coefficient (Wildman–Crippen LogP) is 14.4. The van der Waals surface area contributed by atoms with Crippen LogP contribution in [0.25, 0.3) is 0 Å². The van der Waals surface area contributed by atoms with Crippen molar-refractivity contribution in [2.45, 2.75) is 291 Å². The Balaban J connectivity index is 0.000000248. The third-order valence-electron chi connectivity index (χ3n) is 27.2. The number of ketones is 1. The van der Waals surface area contributed by atoms with Gasteiger partial charge in [-0.3, -0.25) is 9.59 Å². The number of carbonyl (C=O) groups is 2. The molecule has 0 radical (unpaired) electrons. The molecular formula is C76H123I3NO10S2-. The number of benzene rings is 2. The molecule has 11 nitrogen and oxygen atoms in total. The second-order valence-electron chi connectivity index (χ2n) is 33.9. The number of hydrogen-bond acceptors (Lipinski definition) is 10. The molecule has 16 heteroatoms. The van der Waals surface area contributed by atoms with Gasteiger partial charge in [-0.1, -0.05) is 148 Å². The molecule has 526 valence electrons. The van der Waals surface area contributed by atoms with E-state index in [4.69, 9.17) is 0 Å². The average Bonchev–Trinajstić information content (AvgIpc) is 1.25. The van der Waals surface area contributed by atoms with Gasteiger partial charge in [0, 0.05) is 12.8 Å². The molecule has 10 rings (SSSR count). The van der Waals surface area contributed by atoms with Crippen molar-refractivity contribution in [2.24, 2.45) is 105 Å². The number of carbonyl (C=O) groups excluding carboxylic acids is 2. The SMILES string of the molecule is C.CC[C@H]1[C@@H](O)[C@@H]2[C@H](CC[C@]3(C)[C@@H]([C@H](C)CCCC(=O)CS(=O)(=O)c4ccc(C(C)(C)C)cc4)CC[C@@H]23)[C@@]2(C)CC[C@@H](O)C[C@@H]12.CC[C@H]1[C@@H](O)[C@@H]2[C@H](CC[C@]3(C)[C@@H]([C@H](C)CCCC(=O)NS(=O)(=O)c4ccc(C(C)(C)C)cc4)CC[C@@H]23)[C@@]2(C)CC[C@@H](O)C[C@@H]12.I[I-]I. The molecule has 0 heterocycles. The number of hydrogen-bond donors (Lipinski definition) is 5. The number of halogens is 3. The van der Waals surface area contributed by atoms with Gasteiger partial charge < -0.3 is 20.4 Å². The van der Waals surface area contributed by atoms with Crippen LogP contribution in [0.1, 0.15) is 257 Å². The summed E-state index contributed by atoms with van der Waals surface area (Å²) in [5, 5.41) is 45.0. The number of aliphatic hydroxyl groups is 4. The summed E-state index contributed by atoms with van der Waals surface area (Å²) >= 11 is 5.30. The van der Waals surface area contributed by atoms with Crippen molar-refractivity contribution in [2.75, 3.05) is 5.75 Å². The maximum atomic E-state index is 13.0. The molecular weight excluding hydrogens is 1530 g/mol. The molecule has 0 saturated heterocycles. The molecule has 0 unspecified atom stereocenters. The fourth-order valence-corrected chi connectivity index (χ4v) is 24.7. The summed E-state index contributed by atoms with van der Waals surface area (Å²) in [5.74, 6) is 5.11. The maximum absolute atomic E-state index is 13.0. The van der Waals surface area contributed by atoms with Crippen molar-refractivity contribution in [3.63, 3.8) is 0 Å². The number of fused-ring (bicyclic) bond motifs is 10. The van der Waals surface area contributed by atoms with E-state index in [1.54, 1.807) is 24.3 Å². The number of sulfonamides is 1. The van der Waals surface area contributed by atoms with Gasteiger partial charge in [-0.25, -0.2) is 21.6 Å². The Morgan fingerprint density at radius 3 is 1.29 bits per heavy atom. The van der Waals surface area contributed by atoms with E-state index in [2.05, 4.69) is 139 Å². The number of rotatable bonds is 17. The first-order valence-electron chi connectivity index (χ1n) is 35.6. The Morgan fingerprint density at radius 1 is 0.554 bits per heavy atom. The van der Waals surface area contributed by atoms with Gasteiger partial charge in [-0.05, 0) is 260 Å². The van der Waals surface area contributed by atoms with Crippen LogP contribution >= 0.6 is 37.2 Å². The zero-order valence-electron chi connectivity index (χ0n) is 58.0. The molecule has 8 saturated carbocycles. The standard InChI is InChI=1S/C38H60O5S.C37H59NO5S.CH4.I3/c1-8-29-33-22-26(39)18-20-38(33,7)32-19-21-37(6)30(16-17-31(37)34(32)35(29)41)24(2)10-9-11-27(40)23-44(42,43)28-14-12-25(13-15-28)36(3,4)5;1-8-27-31-22-25(39)18-20-37(31,7)30-19-21-36(6)28(16-17-29(36)33(30)34(27)41)23(2)10-9-11-32(40)38-44(42,43)26-14-12-24(13-15-26)35(3,4)5;;1-3-2/h12-15,24,26,29-35,39,41H,8-11,16-23H2,1-7H3;12-15,23,25,27-31,33-34,39,41H,8-11,16-22H2,1-7H3,(H,38,40);1H4;/q;;;-1/t24-,26-,29-,30-,31+,32+,33+,34+,35-,37-,38-;23-,25-,27-,28-,29+,30+,31+,33+,34-,36-,37-;;/m11../s1. The van der Waals surface area contributed by atoms with Gasteiger partial charge in [-0.2, -0.15) is 0 Å². The van der Waals surface area contributed by atoms with Gasteiger partial charge in [0.2, 0.25) is 5.91 Å². The number of nitrogens with one attached hydrogen (secondary N) is 1. The van der Waals surface area contributed by atoms with E-state index in [-0.39, 0.29) is 98.2 Å². The van der Waals surface area contributed by atoms with Crippen molar-refractivity contribution < 1.29 is 60.1 Å². The summed E-state index contributed by atoms with van der Waals surface area (Å²) in [5.41, 5.74) is 2.78. The van der Waals surface area contributed by atoms with Gasteiger partial charge in [-0.15, -0.1) is 0 Å². The van der Waals surface area contributed by atoms with Crippen LogP contribution in [0.15, 0.2) is 58.3 Å². The van der Waals surface area contributed by atoms with Crippen LogP contribution in [-0.2, 0) is 40.3 Å². The Hall–Kier alpha value is -0.490. The van der Waals surface area contributed by atoms with E-state index in [1.807, 2.05) is 24.3 Å². The summed E-state index contributed by atoms with van der Waals surface area (Å²) < 4.78 is 53.9. The molecule has 0 aliphatic heterocycles. The minimum atomic E-state index is -3.89. The topological polar surface area (TPSA) is 195 Å². The quantitative estimate of drug-likeness (QED) is 0.0951. The van der Waals surface area contributed by atoms with E-state index in [1.165, 1.54) is 38.5 Å². The molecule has 2 aromatic carbocycles. The minimum absolute atomic E-state index is 0. The van der Waals surface area contributed by atoms with Crippen molar-refractivity contribution in [1.82, 2.24) is 4.72 Å². The molecule has 0 bridgehead atoms. The van der Waals surface area contributed by atoms with Crippen molar-refractivity contribution in [1.29, 1.82) is 0 Å². The van der Waals surface area contributed by atoms with Crippen molar-refractivity contribution in [3.05, 3.63) is 59.7 Å². The summed E-state index contributed by atoms with van der Waals surface area (Å²) in [6, 6.07) is 13.8. The fraction of sp³-hybridized carbons (Fsp3) is 0.816. The first-order valence-corrected chi connectivity index (χ1v) is 51.3. The van der Waals surface area contributed by atoms with Crippen LogP contribution in [-0.4, -0.2) is 79.1 Å². The van der Waals surface area contributed by atoms with Gasteiger partial charge in [0.15, 0.2) is 9.84 Å². The van der Waals surface area contributed by atoms with Crippen molar-refractivity contribution in [3.8, 4) is 0 Å². The van der Waals surface area contributed by atoms with Crippen LogP contribution < -0.4 is 18.0 Å². The zero-order valence-corrected chi connectivity index (χ0v) is 66.1. The molecule has 8 aliphatic rings. The fourth-order valence-electron chi connectivity index (χ4n) is 22.4. The summed E-state index contributed by atoms with van der Waals surface area (Å²) in [6.07, 6.45) is 19.7. The first-order chi connectivity index (χ1) is 42.5. The van der Waals surface area contributed by atoms with E-state index in [0.717, 1.165) is 94.6 Å². The Labute approximate surface area is 588 Å². The third kappa shape index (κ3) is 16.3. The average molecular weight is 1660 g/mol. The monoisotopic (exact) mass is 1650 g/mol. The molecule has 5 N–H and O–H groups in total. The third-order valence-corrected chi connectivity index (χ3v) is 30.3. The zero-order chi connectivity index (χ0) is 67.2.